The summed E-state index contributed by atoms with van der Waals surface area (Å²) >= 11 is 0. The van der Waals surface area contributed by atoms with Crippen LogP contribution in [0.2, 0.25) is 0 Å². The number of rotatable bonds is 6. The van der Waals surface area contributed by atoms with Gasteiger partial charge in [0.05, 0.1) is 6.61 Å². The van der Waals surface area contributed by atoms with E-state index in [1.165, 1.54) is 83.1 Å². The van der Waals surface area contributed by atoms with Crippen molar-refractivity contribution < 1.29 is 4.74 Å². The molecule has 4 rings (SSSR count). The average Bonchev–Trinajstić information content (AvgIpc) is 3.11. The maximum absolute atomic E-state index is 5.98. The molecule has 0 aliphatic carbocycles. The number of hydrogen-bond acceptors (Lipinski definition) is 3. The fourth-order valence-electron chi connectivity index (χ4n) is 5.06. The second kappa shape index (κ2) is 8.55. The molecule has 25 heavy (non-hydrogen) atoms. The first kappa shape index (κ1) is 17.4. The molecule has 0 aromatic heterocycles. The van der Waals surface area contributed by atoms with Crippen LogP contribution in [0, 0.1) is 0 Å². The Kier molecular flexibility index (Phi) is 5.94. The molecule has 3 aliphatic heterocycles. The molecule has 1 aromatic carbocycles. The summed E-state index contributed by atoms with van der Waals surface area (Å²) in [5.74, 6) is 1.04. The van der Waals surface area contributed by atoms with Crippen molar-refractivity contribution in [3.63, 3.8) is 0 Å². The Bertz CT molecular complexity index is 523. The van der Waals surface area contributed by atoms with E-state index in [0.717, 1.165) is 24.8 Å². The maximum atomic E-state index is 5.98. The van der Waals surface area contributed by atoms with Crippen LogP contribution in [0.15, 0.2) is 24.3 Å². The molecule has 0 bridgehead atoms. The van der Waals surface area contributed by atoms with Crippen LogP contribution >= 0.6 is 0 Å². The number of hydrogen-bond donors (Lipinski definition) is 0. The average molecular weight is 343 g/mol. The molecule has 0 unspecified atom stereocenters. The molecule has 3 heterocycles. The summed E-state index contributed by atoms with van der Waals surface area (Å²) in [6.45, 7) is 5.90. The van der Waals surface area contributed by atoms with Gasteiger partial charge < -0.3 is 9.64 Å². The zero-order valence-electron chi connectivity index (χ0n) is 15.7. The minimum atomic E-state index is 0.651. The monoisotopic (exact) mass is 342 g/mol. The van der Waals surface area contributed by atoms with Gasteiger partial charge in [-0.2, -0.15) is 0 Å². The summed E-state index contributed by atoms with van der Waals surface area (Å²) in [5, 5.41) is 0. The Morgan fingerprint density at radius 3 is 2.48 bits per heavy atom. The SMILES string of the molecule is c1cc([C@@H]2CC[C@@H]3CCCCN32)ccc1OCCCN1CCCCC1. The van der Waals surface area contributed by atoms with Gasteiger partial charge in [-0.15, -0.1) is 0 Å². The van der Waals surface area contributed by atoms with E-state index in [1.807, 2.05) is 0 Å². The van der Waals surface area contributed by atoms with Gasteiger partial charge >= 0.3 is 0 Å². The van der Waals surface area contributed by atoms with Crippen LogP contribution in [0.25, 0.3) is 0 Å². The lowest BCUT2D eigenvalue weighted by atomic mass is 10.0. The minimum absolute atomic E-state index is 0.651. The van der Waals surface area contributed by atoms with Gasteiger partial charge in [-0.1, -0.05) is 25.0 Å². The molecule has 3 heteroatoms. The lowest BCUT2D eigenvalue weighted by Crippen LogP contribution is -2.35. The predicted octanol–water partition coefficient (Wildman–Crippen LogP) is 4.63. The number of piperidine rings is 2. The van der Waals surface area contributed by atoms with E-state index in [2.05, 4.69) is 34.1 Å². The number of ether oxygens (including phenoxy) is 1. The van der Waals surface area contributed by atoms with Crippen molar-refractivity contribution in [2.24, 2.45) is 0 Å². The highest BCUT2D eigenvalue weighted by atomic mass is 16.5. The highest BCUT2D eigenvalue weighted by molar-refractivity contribution is 5.30. The van der Waals surface area contributed by atoms with Crippen LogP contribution in [0.3, 0.4) is 0 Å². The van der Waals surface area contributed by atoms with Crippen LogP contribution in [0.5, 0.6) is 5.75 Å². The normalized spacial score (nSPS) is 28.0. The van der Waals surface area contributed by atoms with Crippen molar-refractivity contribution in [2.45, 2.75) is 69.9 Å². The third-order valence-corrected chi connectivity index (χ3v) is 6.45. The molecule has 0 saturated carbocycles. The van der Waals surface area contributed by atoms with E-state index < -0.39 is 0 Å². The zero-order chi connectivity index (χ0) is 16.9. The summed E-state index contributed by atoms with van der Waals surface area (Å²) in [6.07, 6.45) is 12.2. The van der Waals surface area contributed by atoms with Gasteiger partial charge in [0, 0.05) is 18.6 Å². The Hall–Kier alpha value is -1.06. The van der Waals surface area contributed by atoms with Crippen molar-refractivity contribution in [2.75, 3.05) is 32.8 Å². The van der Waals surface area contributed by atoms with Crippen molar-refractivity contribution in [1.29, 1.82) is 0 Å². The smallest absolute Gasteiger partial charge is 0.119 e. The second-order valence-electron chi connectivity index (χ2n) is 8.15. The van der Waals surface area contributed by atoms with Crippen molar-refractivity contribution in [1.82, 2.24) is 9.80 Å². The fourth-order valence-corrected chi connectivity index (χ4v) is 5.06. The van der Waals surface area contributed by atoms with E-state index in [4.69, 9.17) is 4.74 Å². The molecule has 2 atom stereocenters. The molecule has 3 aliphatic rings. The summed E-state index contributed by atoms with van der Waals surface area (Å²) in [4.78, 5) is 5.35. The molecule has 3 saturated heterocycles. The molecule has 0 radical (unpaired) electrons. The van der Waals surface area contributed by atoms with E-state index in [1.54, 1.807) is 0 Å². The van der Waals surface area contributed by atoms with Crippen LogP contribution in [-0.2, 0) is 0 Å². The Balaban J connectivity index is 1.23. The standard InChI is InChI=1S/C22H34N2O/c1-3-14-23(15-4-1)16-6-18-25-21-11-8-19(9-12-21)22-13-10-20-7-2-5-17-24(20)22/h8-9,11-12,20,22H,1-7,10,13-18H2/t20-,22-/m0/s1. The number of fused-ring (bicyclic) bond motifs is 1. The first-order valence-electron chi connectivity index (χ1n) is 10.6. The van der Waals surface area contributed by atoms with Crippen LogP contribution in [0.1, 0.15) is 69.4 Å². The second-order valence-corrected chi connectivity index (χ2v) is 8.15. The molecule has 0 spiro atoms. The summed E-state index contributed by atoms with van der Waals surface area (Å²) in [7, 11) is 0. The van der Waals surface area contributed by atoms with Crippen LogP contribution in [-0.4, -0.2) is 48.6 Å². The Labute approximate surface area is 153 Å². The van der Waals surface area contributed by atoms with E-state index in [-0.39, 0.29) is 0 Å². The minimum Gasteiger partial charge on any atom is -0.494 e. The highest BCUT2D eigenvalue weighted by Crippen LogP contribution is 2.40. The van der Waals surface area contributed by atoms with Gasteiger partial charge in [0.1, 0.15) is 5.75 Å². The van der Waals surface area contributed by atoms with Crippen molar-refractivity contribution in [3.05, 3.63) is 29.8 Å². The molecule has 138 valence electrons. The number of nitrogens with zero attached hydrogens (tertiary/aromatic N) is 2. The van der Waals surface area contributed by atoms with E-state index in [0.29, 0.717) is 6.04 Å². The first-order valence-corrected chi connectivity index (χ1v) is 10.6. The van der Waals surface area contributed by atoms with Gasteiger partial charge in [-0.05, 0) is 82.3 Å². The van der Waals surface area contributed by atoms with Gasteiger partial charge in [0.15, 0.2) is 0 Å². The van der Waals surface area contributed by atoms with E-state index >= 15 is 0 Å². The molecular formula is C22H34N2O. The predicted molar refractivity (Wildman–Crippen MR) is 103 cm³/mol. The van der Waals surface area contributed by atoms with Crippen molar-refractivity contribution in [3.8, 4) is 5.75 Å². The van der Waals surface area contributed by atoms with Gasteiger partial charge in [-0.3, -0.25) is 4.90 Å². The van der Waals surface area contributed by atoms with Gasteiger partial charge in [0.25, 0.3) is 0 Å². The molecule has 0 N–H and O–H groups in total. The zero-order valence-corrected chi connectivity index (χ0v) is 15.7. The maximum Gasteiger partial charge on any atom is 0.119 e. The largest absolute Gasteiger partial charge is 0.494 e. The third-order valence-electron chi connectivity index (χ3n) is 6.45. The first-order chi connectivity index (χ1) is 12.4. The molecular weight excluding hydrogens is 308 g/mol. The molecule has 3 fully saturated rings. The number of likely N-dealkylation sites (tertiary alicyclic amines) is 1. The van der Waals surface area contributed by atoms with Crippen LogP contribution < -0.4 is 4.74 Å². The lowest BCUT2D eigenvalue weighted by molar-refractivity contribution is 0.150. The Morgan fingerprint density at radius 1 is 0.840 bits per heavy atom. The third kappa shape index (κ3) is 4.38. The summed E-state index contributed by atoms with van der Waals surface area (Å²) < 4.78 is 5.98. The topological polar surface area (TPSA) is 15.7 Å². The Morgan fingerprint density at radius 2 is 1.64 bits per heavy atom. The molecule has 0 amide bonds. The summed E-state index contributed by atoms with van der Waals surface area (Å²) in [6, 6.07) is 10.5. The number of benzene rings is 1. The molecule has 3 nitrogen and oxygen atoms in total. The lowest BCUT2D eigenvalue weighted by Gasteiger charge is -2.34. The molecule has 1 aromatic rings. The quantitative estimate of drug-likeness (QED) is 0.701. The highest BCUT2D eigenvalue weighted by Gasteiger charge is 2.35. The summed E-state index contributed by atoms with van der Waals surface area (Å²) in [5.41, 5.74) is 1.49. The van der Waals surface area contributed by atoms with E-state index in [9.17, 15) is 0 Å². The van der Waals surface area contributed by atoms with Crippen molar-refractivity contribution >= 4 is 0 Å². The van der Waals surface area contributed by atoms with Crippen LogP contribution in [0.4, 0.5) is 0 Å². The van der Waals surface area contributed by atoms with Gasteiger partial charge in [0.2, 0.25) is 0 Å². The fraction of sp³-hybridized carbons (Fsp3) is 0.727. The van der Waals surface area contributed by atoms with Gasteiger partial charge in [-0.25, -0.2) is 0 Å².